The summed E-state index contributed by atoms with van der Waals surface area (Å²) in [5.74, 6) is 0. The van der Waals surface area contributed by atoms with E-state index < -0.39 is 5.60 Å². The van der Waals surface area contributed by atoms with E-state index in [2.05, 4.69) is 9.88 Å². The van der Waals surface area contributed by atoms with Crippen molar-refractivity contribution < 1.29 is 9.53 Å². The molecule has 0 spiro atoms. The Labute approximate surface area is 123 Å². The Kier molecular flexibility index (Phi) is 4.49. The Morgan fingerprint density at radius 2 is 2.05 bits per heavy atom. The average molecular weight is 298 g/mol. The summed E-state index contributed by atoms with van der Waals surface area (Å²) in [6, 6.07) is 0. The van der Waals surface area contributed by atoms with Gasteiger partial charge in [-0.25, -0.2) is 9.78 Å². The fourth-order valence-corrected chi connectivity index (χ4v) is 2.59. The molecule has 1 saturated heterocycles. The minimum atomic E-state index is -0.438. The van der Waals surface area contributed by atoms with Gasteiger partial charge in [0.15, 0.2) is 5.13 Å². The van der Waals surface area contributed by atoms with Crippen molar-refractivity contribution in [2.45, 2.75) is 32.9 Å². The molecule has 2 N–H and O–H groups in total. The fraction of sp³-hybridized carbons (Fsp3) is 0.692. The number of amides is 1. The number of nitrogen functional groups attached to an aromatic ring is 1. The summed E-state index contributed by atoms with van der Waals surface area (Å²) in [6.45, 7) is 9.47. The van der Waals surface area contributed by atoms with Gasteiger partial charge in [-0.2, -0.15) is 0 Å². The molecule has 2 rings (SSSR count). The van der Waals surface area contributed by atoms with E-state index in [9.17, 15) is 4.79 Å². The van der Waals surface area contributed by atoms with E-state index in [1.807, 2.05) is 26.2 Å². The average Bonchev–Trinajstić information content (AvgIpc) is 2.73. The molecule has 0 saturated carbocycles. The molecular weight excluding hydrogens is 276 g/mol. The van der Waals surface area contributed by atoms with Crippen molar-refractivity contribution in [2.24, 2.45) is 0 Å². The van der Waals surface area contributed by atoms with Crippen LogP contribution in [-0.4, -0.2) is 52.7 Å². The van der Waals surface area contributed by atoms with Gasteiger partial charge in [-0.3, -0.25) is 4.90 Å². The number of rotatable bonds is 2. The lowest BCUT2D eigenvalue weighted by Gasteiger charge is -2.35. The lowest BCUT2D eigenvalue weighted by molar-refractivity contribution is 0.0138. The van der Waals surface area contributed by atoms with Gasteiger partial charge in [0, 0.05) is 38.1 Å². The zero-order chi connectivity index (χ0) is 14.8. The number of aromatic nitrogens is 1. The first kappa shape index (κ1) is 15.1. The van der Waals surface area contributed by atoms with Crippen LogP contribution in [0.5, 0.6) is 0 Å². The van der Waals surface area contributed by atoms with Crippen LogP contribution in [0.1, 0.15) is 26.5 Å². The van der Waals surface area contributed by atoms with Crippen LogP contribution in [0, 0.1) is 0 Å². The third kappa shape index (κ3) is 4.35. The lowest BCUT2D eigenvalue weighted by Crippen LogP contribution is -2.49. The Morgan fingerprint density at radius 3 is 2.55 bits per heavy atom. The molecule has 6 nitrogen and oxygen atoms in total. The van der Waals surface area contributed by atoms with Crippen molar-refractivity contribution in [3.63, 3.8) is 0 Å². The van der Waals surface area contributed by atoms with Gasteiger partial charge in [-0.1, -0.05) is 0 Å². The molecule has 1 aromatic rings. The Hall–Kier alpha value is -1.34. The zero-order valence-electron chi connectivity index (χ0n) is 12.3. The molecule has 0 atom stereocenters. The summed E-state index contributed by atoms with van der Waals surface area (Å²) >= 11 is 1.46. The van der Waals surface area contributed by atoms with Crippen LogP contribution in [0.15, 0.2) is 5.38 Å². The molecule has 0 aromatic carbocycles. The number of thiazole rings is 1. The van der Waals surface area contributed by atoms with Crippen LogP contribution in [-0.2, 0) is 11.3 Å². The second-order valence-corrected chi connectivity index (χ2v) is 6.81. The number of carbonyl (C=O) groups is 1. The molecule has 1 aliphatic heterocycles. The summed E-state index contributed by atoms with van der Waals surface area (Å²) in [6.07, 6.45) is -0.227. The SMILES string of the molecule is CC(C)(C)OC(=O)N1CCN(Cc2csc(N)n2)CC1. The van der Waals surface area contributed by atoms with Crippen molar-refractivity contribution in [3.05, 3.63) is 11.1 Å². The Bertz CT molecular complexity index is 461. The summed E-state index contributed by atoms with van der Waals surface area (Å²) in [4.78, 5) is 20.2. The highest BCUT2D eigenvalue weighted by Gasteiger charge is 2.25. The minimum absolute atomic E-state index is 0.227. The summed E-state index contributed by atoms with van der Waals surface area (Å²) in [5, 5.41) is 2.59. The van der Waals surface area contributed by atoms with E-state index in [0.717, 1.165) is 25.3 Å². The lowest BCUT2D eigenvalue weighted by atomic mass is 10.2. The summed E-state index contributed by atoms with van der Waals surface area (Å²) in [5.41, 5.74) is 6.18. The number of anilines is 1. The smallest absolute Gasteiger partial charge is 0.410 e. The molecule has 1 fully saturated rings. The van der Waals surface area contributed by atoms with Crippen molar-refractivity contribution in [2.75, 3.05) is 31.9 Å². The third-order valence-electron chi connectivity index (χ3n) is 2.98. The molecular formula is C13H22N4O2S. The predicted octanol–water partition coefficient (Wildman–Crippen LogP) is 1.78. The quantitative estimate of drug-likeness (QED) is 0.901. The van der Waals surface area contributed by atoms with Gasteiger partial charge in [0.1, 0.15) is 5.60 Å². The van der Waals surface area contributed by atoms with Gasteiger partial charge in [0.05, 0.1) is 5.69 Å². The topological polar surface area (TPSA) is 71.7 Å². The second-order valence-electron chi connectivity index (χ2n) is 5.92. The maximum Gasteiger partial charge on any atom is 0.410 e. The second kappa shape index (κ2) is 5.97. The van der Waals surface area contributed by atoms with Gasteiger partial charge < -0.3 is 15.4 Å². The zero-order valence-corrected chi connectivity index (χ0v) is 13.1. The largest absolute Gasteiger partial charge is 0.444 e. The van der Waals surface area contributed by atoms with Crippen LogP contribution >= 0.6 is 11.3 Å². The predicted molar refractivity (Wildman–Crippen MR) is 79.6 cm³/mol. The van der Waals surface area contributed by atoms with Gasteiger partial charge in [-0.15, -0.1) is 11.3 Å². The monoisotopic (exact) mass is 298 g/mol. The van der Waals surface area contributed by atoms with Crippen LogP contribution in [0.4, 0.5) is 9.93 Å². The van der Waals surface area contributed by atoms with E-state index in [1.54, 1.807) is 4.90 Å². The van der Waals surface area contributed by atoms with Gasteiger partial charge in [-0.05, 0) is 20.8 Å². The van der Waals surface area contributed by atoms with Crippen LogP contribution < -0.4 is 5.73 Å². The summed E-state index contributed by atoms with van der Waals surface area (Å²) in [7, 11) is 0. The van der Waals surface area contributed by atoms with E-state index >= 15 is 0 Å². The van der Waals surface area contributed by atoms with E-state index in [-0.39, 0.29) is 6.09 Å². The van der Waals surface area contributed by atoms with Gasteiger partial charge in [0.25, 0.3) is 0 Å². The molecule has 0 unspecified atom stereocenters. The first-order valence-electron chi connectivity index (χ1n) is 6.74. The number of ether oxygens (including phenoxy) is 1. The Morgan fingerprint density at radius 1 is 1.40 bits per heavy atom. The van der Waals surface area contributed by atoms with Crippen LogP contribution in [0.3, 0.4) is 0 Å². The highest BCUT2D eigenvalue weighted by Crippen LogP contribution is 2.15. The fourth-order valence-electron chi connectivity index (χ4n) is 2.04. The highest BCUT2D eigenvalue weighted by molar-refractivity contribution is 7.13. The van der Waals surface area contributed by atoms with Gasteiger partial charge in [0.2, 0.25) is 0 Å². The third-order valence-corrected chi connectivity index (χ3v) is 3.70. The molecule has 20 heavy (non-hydrogen) atoms. The van der Waals surface area contributed by atoms with Crippen molar-refractivity contribution in [3.8, 4) is 0 Å². The maximum atomic E-state index is 11.9. The number of nitrogens with zero attached hydrogens (tertiary/aromatic N) is 3. The standard InChI is InChI=1S/C13H22N4O2S/c1-13(2,3)19-12(18)17-6-4-16(5-7-17)8-10-9-20-11(14)15-10/h9H,4-8H2,1-3H3,(H2,14,15). The molecule has 0 bridgehead atoms. The first-order valence-corrected chi connectivity index (χ1v) is 7.61. The normalized spacial score (nSPS) is 17.2. The van der Waals surface area contributed by atoms with Crippen molar-refractivity contribution >= 4 is 22.6 Å². The van der Waals surface area contributed by atoms with E-state index in [4.69, 9.17) is 10.5 Å². The first-order chi connectivity index (χ1) is 9.33. The van der Waals surface area contributed by atoms with E-state index in [0.29, 0.717) is 18.2 Å². The Balaban J connectivity index is 1.79. The van der Waals surface area contributed by atoms with E-state index in [1.165, 1.54) is 11.3 Å². The number of hydrogen-bond donors (Lipinski definition) is 1. The molecule has 0 radical (unpaired) electrons. The minimum Gasteiger partial charge on any atom is -0.444 e. The maximum absolute atomic E-state index is 11.9. The highest BCUT2D eigenvalue weighted by atomic mass is 32.1. The number of piperazine rings is 1. The van der Waals surface area contributed by atoms with Crippen LogP contribution in [0.25, 0.3) is 0 Å². The summed E-state index contributed by atoms with van der Waals surface area (Å²) < 4.78 is 5.38. The molecule has 7 heteroatoms. The molecule has 112 valence electrons. The number of nitrogens with two attached hydrogens (primary N) is 1. The molecule has 1 aromatic heterocycles. The molecule has 2 heterocycles. The molecule has 1 amide bonds. The van der Waals surface area contributed by atoms with Crippen molar-refractivity contribution in [1.82, 2.24) is 14.8 Å². The van der Waals surface area contributed by atoms with Crippen molar-refractivity contribution in [1.29, 1.82) is 0 Å². The number of hydrogen-bond acceptors (Lipinski definition) is 6. The molecule has 1 aliphatic rings. The van der Waals surface area contributed by atoms with Crippen LogP contribution in [0.2, 0.25) is 0 Å². The molecule has 0 aliphatic carbocycles. The number of carbonyl (C=O) groups excluding carboxylic acids is 1. The van der Waals surface area contributed by atoms with Gasteiger partial charge >= 0.3 is 6.09 Å².